The molecule has 6 nitrogen and oxygen atoms in total. The lowest BCUT2D eigenvalue weighted by Crippen LogP contribution is -2.37. The van der Waals surface area contributed by atoms with Crippen LogP contribution in [0.1, 0.15) is 12.1 Å². The van der Waals surface area contributed by atoms with Gasteiger partial charge in [-0.15, -0.1) is 0 Å². The number of rotatable bonds is 4. The molecule has 1 fully saturated rings. The fourth-order valence-electron chi connectivity index (χ4n) is 1.86. The molecule has 1 aromatic heterocycles. The maximum absolute atomic E-state index is 12.3. The third-order valence-electron chi connectivity index (χ3n) is 3.10. The lowest BCUT2D eigenvalue weighted by atomic mass is 10.3. The minimum atomic E-state index is -3.50. The van der Waals surface area contributed by atoms with E-state index in [2.05, 4.69) is 4.98 Å². The van der Waals surface area contributed by atoms with Gasteiger partial charge in [-0.1, -0.05) is 0 Å². The van der Waals surface area contributed by atoms with Gasteiger partial charge in [-0.3, -0.25) is 4.98 Å². The highest BCUT2D eigenvalue weighted by Gasteiger charge is 2.30. The summed E-state index contributed by atoms with van der Waals surface area (Å²) in [7, 11) is -1.92. The van der Waals surface area contributed by atoms with Crippen LogP contribution >= 0.6 is 0 Å². The van der Waals surface area contributed by atoms with Crippen LogP contribution in [0.15, 0.2) is 23.2 Å². The molecule has 18 heavy (non-hydrogen) atoms. The van der Waals surface area contributed by atoms with Gasteiger partial charge in [-0.2, -0.15) is 4.31 Å². The number of likely N-dealkylation sites (N-methyl/N-ethyl adjacent to an activating group) is 1. The molecule has 0 aromatic carbocycles. The number of nitrogens with two attached hydrogens (primary N) is 1. The third kappa shape index (κ3) is 2.54. The molecule has 2 heterocycles. The predicted octanol–water partition coefficient (Wildman–Crippen LogP) is -0.0503. The van der Waals surface area contributed by atoms with Gasteiger partial charge in [0, 0.05) is 26.4 Å². The van der Waals surface area contributed by atoms with Crippen molar-refractivity contribution in [2.45, 2.75) is 23.9 Å². The molecular formula is C11H17N3O3S. The van der Waals surface area contributed by atoms with Crippen LogP contribution < -0.4 is 5.73 Å². The number of ether oxygens (including phenoxy) is 1. The largest absolute Gasteiger partial charge is 0.380 e. The van der Waals surface area contributed by atoms with Gasteiger partial charge in [0.2, 0.25) is 10.0 Å². The molecule has 1 aromatic rings. The number of pyridine rings is 1. The molecule has 0 radical (unpaired) electrons. The summed E-state index contributed by atoms with van der Waals surface area (Å²) >= 11 is 0. The van der Waals surface area contributed by atoms with Crippen LogP contribution in [-0.2, 0) is 21.3 Å². The van der Waals surface area contributed by atoms with Crippen molar-refractivity contribution in [3.05, 3.63) is 24.0 Å². The van der Waals surface area contributed by atoms with E-state index < -0.39 is 10.0 Å². The van der Waals surface area contributed by atoms with Crippen molar-refractivity contribution in [2.24, 2.45) is 5.73 Å². The summed E-state index contributed by atoms with van der Waals surface area (Å²) in [5.74, 6) is 0. The first kappa shape index (κ1) is 13.4. The highest BCUT2D eigenvalue weighted by molar-refractivity contribution is 7.89. The molecule has 0 aliphatic carbocycles. The van der Waals surface area contributed by atoms with Crippen LogP contribution in [0, 0.1) is 0 Å². The molecule has 1 atom stereocenters. The van der Waals surface area contributed by atoms with Crippen LogP contribution in [0.25, 0.3) is 0 Å². The Hall–Kier alpha value is -1.02. The lowest BCUT2D eigenvalue weighted by molar-refractivity contribution is 0.181. The Bertz CT molecular complexity index is 495. The fraction of sp³-hybridized carbons (Fsp3) is 0.545. The SMILES string of the molecule is CN(C1CCOC1)S(=O)(=O)c1ccc(CN)nc1. The zero-order valence-corrected chi connectivity index (χ0v) is 11.1. The summed E-state index contributed by atoms with van der Waals surface area (Å²) in [4.78, 5) is 4.20. The van der Waals surface area contributed by atoms with Gasteiger partial charge >= 0.3 is 0 Å². The molecule has 0 spiro atoms. The molecule has 2 N–H and O–H groups in total. The summed E-state index contributed by atoms with van der Waals surface area (Å²) in [5, 5.41) is 0. The van der Waals surface area contributed by atoms with E-state index in [1.165, 1.54) is 16.6 Å². The van der Waals surface area contributed by atoms with Crippen LogP contribution in [0.2, 0.25) is 0 Å². The Labute approximate surface area is 107 Å². The maximum Gasteiger partial charge on any atom is 0.244 e. The molecule has 1 unspecified atom stereocenters. The van der Waals surface area contributed by atoms with E-state index in [9.17, 15) is 8.42 Å². The summed E-state index contributed by atoms with van der Waals surface area (Å²) in [5.41, 5.74) is 6.10. The maximum atomic E-state index is 12.3. The number of hydrogen-bond acceptors (Lipinski definition) is 5. The van der Waals surface area contributed by atoms with Gasteiger partial charge < -0.3 is 10.5 Å². The standard InChI is InChI=1S/C11H17N3O3S/c1-14(10-4-5-17-8-10)18(15,16)11-3-2-9(6-12)13-7-11/h2-3,7,10H,4-6,8,12H2,1H3. The molecule has 0 saturated carbocycles. The van der Waals surface area contributed by atoms with Crippen LogP contribution in [-0.4, -0.2) is 44.0 Å². The normalized spacial score (nSPS) is 20.5. The Balaban J connectivity index is 2.23. The Morgan fingerprint density at radius 2 is 2.33 bits per heavy atom. The summed E-state index contributed by atoms with van der Waals surface area (Å²) in [6.07, 6.45) is 2.08. The number of aromatic nitrogens is 1. The Morgan fingerprint density at radius 3 is 2.83 bits per heavy atom. The number of nitrogens with zero attached hydrogens (tertiary/aromatic N) is 2. The molecule has 1 aliphatic heterocycles. The van der Waals surface area contributed by atoms with E-state index in [1.807, 2.05) is 0 Å². The minimum absolute atomic E-state index is 0.0933. The van der Waals surface area contributed by atoms with Gasteiger partial charge in [0.15, 0.2) is 0 Å². The average Bonchev–Trinajstić information content (AvgIpc) is 2.91. The average molecular weight is 271 g/mol. The van der Waals surface area contributed by atoms with Gasteiger partial charge in [-0.05, 0) is 18.6 Å². The molecule has 7 heteroatoms. The third-order valence-corrected chi connectivity index (χ3v) is 5.00. The smallest absolute Gasteiger partial charge is 0.244 e. The van der Waals surface area contributed by atoms with Crippen LogP contribution in [0.5, 0.6) is 0 Å². The Kier molecular flexibility index (Phi) is 3.96. The van der Waals surface area contributed by atoms with E-state index in [0.717, 1.165) is 6.42 Å². The van der Waals surface area contributed by atoms with E-state index in [0.29, 0.717) is 25.5 Å². The second-order valence-corrected chi connectivity index (χ2v) is 6.23. The van der Waals surface area contributed by atoms with Crippen molar-refractivity contribution < 1.29 is 13.2 Å². The molecule has 0 amide bonds. The van der Waals surface area contributed by atoms with Gasteiger partial charge in [0.05, 0.1) is 18.3 Å². The molecule has 1 saturated heterocycles. The van der Waals surface area contributed by atoms with Crippen molar-refractivity contribution in [3.8, 4) is 0 Å². The Morgan fingerprint density at radius 1 is 1.56 bits per heavy atom. The second kappa shape index (κ2) is 5.31. The van der Waals surface area contributed by atoms with Crippen molar-refractivity contribution in [2.75, 3.05) is 20.3 Å². The van der Waals surface area contributed by atoms with Crippen molar-refractivity contribution in [3.63, 3.8) is 0 Å². The number of sulfonamides is 1. The topological polar surface area (TPSA) is 85.5 Å². The van der Waals surface area contributed by atoms with E-state index in [-0.39, 0.29) is 10.9 Å². The highest BCUT2D eigenvalue weighted by Crippen LogP contribution is 2.20. The summed E-state index contributed by atoms with van der Waals surface area (Å²) in [6.45, 7) is 1.35. The number of hydrogen-bond donors (Lipinski definition) is 1. The minimum Gasteiger partial charge on any atom is -0.380 e. The first-order valence-corrected chi connectivity index (χ1v) is 7.20. The highest BCUT2D eigenvalue weighted by atomic mass is 32.2. The zero-order chi connectivity index (χ0) is 13.2. The van der Waals surface area contributed by atoms with Crippen molar-refractivity contribution in [1.82, 2.24) is 9.29 Å². The first-order chi connectivity index (χ1) is 8.55. The monoisotopic (exact) mass is 271 g/mol. The van der Waals surface area contributed by atoms with Crippen LogP contribution in [0.3, 0.4) is 0 Å². The quantitative estimate of drug-likeness (QED) is 0.830. The van der Waals surface area contributed by atoms with Gasteiger partial charge in [0.1, 0.15) is 4.90 Å². The molecule has 0 bridgehead atoms. The molecule has 100 valence electrons. The lowest BCUT2D eigenvalue weighted by Gasteiger charge is -2.22. The van der Waals surface area contributed by atoms with Gasteiger partial charge in [0.25, 0.3) is 0 Å². The van der Waals surface area contributed by atoms with E-state index in [4.69, 9.17) is 10.5 Å². The molecule has 1 aliphatic rings. The first-order valence-electron chi connectivity index (χ1n) is 5.76. The van der Waals surface area contributed by atoms with E-state index >= 15 is 0 Å². The zero-order valence-electron chi connectivity index (χ0n) is 10.2. The molecule has 2 rings (SSSR count). The van der Waals surface area contributed by atoms with Crippen LogP contribution in [0.4, 0.5) is 0 Å². The van der Waals surface area contributed by atoms with Crippen molar-refractivity contribution in [1.29, 1.82) is 0 Å². The van der Waals surface area contributed by atoms with Crippen molar-refractivity contribution >= 4 is 10.0 Å². The van der Waals surface area contributed by atoms with E-state index in [1.54, 1.807) is 13.1 Å². The predicted molar refractivity (Wildman–Crippen MR) is 66.3 cm³/mol. The summed E-state index contributed by atoms with van der Waals surface area (Å²) < 4.78 is 31.2. The fourth-order valence-corrected chi connectivity index (χ4v) is 3.17. The summed E-state index contributed by atoms with van der Waals surface area (Å²) in [6, 6.07) is 3.08. The second-order valence-electron chi connectivity index (χ2n) is 4.23. The van der Waals surface area contributed by atoms with Gasteiger partial charge in [-0.25, -0.2) is 8.42 Å². The molecular weight excluding hydrogens is 254 g/mol.